The number of aliphatic hydroxyl groups excluding tert-OH is 10. The summed E-state index contributed by atoms with van der Waals surface area (Å²) >= 11 is 0. The number of ether oxygens (including phenoxy) is 12. The van der Waals surface area contributed by atoms with E-state index in [1.54, 1.807) is 0 Å². The fourth-order valence-electron chi connectivity index (χ4n) is 17.0. The predicted octanol–water partition coefficient (Wildman–Crippen LogP) is -1.28. The zero-order valence-corrected chi connectivity index (χ0v) is 51.1. The van der Waals surface area contributed by atoms with Crippen molar-refractivity contribution >= 4 is 22.2 Å². The van der Waals surface area contributed by atoms with E-state index in [4.69, 9.17) is 61.0 Å². The van der Waals surface area contributed by atoms with E-state index in [2.05, 4.69) is 40.3 Å². The first-order valence-corrected chi connectivity index (χ1v) is 31.6. The lowest BCUT2D eigenvalue weighted by molar-refractivity contribution is -0.399. The van der Waals surface area contributed by atoms with E-state index in [0.717, 1.165) is 24.0 Å². The van der Waals surface area contributed by atoms with E-state index in [1.807, 2.05) is 13.8 Å². The quantitative estimate of drug-likeness (QED) is 0.0432. The molecule has 4 aliphatic carbocycles. The standard InChI is InChI=1S/C58H90O28S/c1-24(2)11-10-16-57(8)47-28(60)19-56(7)27-12-13-33-54(4,5)34(15-17-55(33,6)26(27)14-18-58(47,56)53(70)85-57)80-51-45(37(65)32(23-77-51)86-87(71,72)73)84-52-46(83-48-38(66)35(63)29(61)21-75-48)39(67)42(25(3)78-52)81-49-40(68)43(30(62)22-76-49)82-50-41(69)44(74-9)36(64)31(20-59)79-50/h12,25-26,29-52,59,61-69H,1,10-11,13-23H2,2-9H3,(H,71,72,73)/t25-,26+,29-,30-,31-,32-,33+,34+,35+,36-,37+,38-,39+,40-,41-,42-,43+,44+,45-,46-,47-,48+,49+,50+,51+,52+,55-,56+,57+,58-/m1/s1. The highest BCUT2D eigenvalue weighted by Gasteiger charge is 2.79. The van der Waals surface area contributed by atoms with Crippen LogP contribution in [0.2, 0.25) is 0 Å². The molecule has 496 valence electrons. The topological polar surface area (TPSA) is 411 Å². The fourth-order valence-corrected chi connectivity index (χ4v) is 17.5. The van der Waals surface area contributed by atoms with Crippen molar-refractivity contribution in [1.82, 2.24) is 0 Å². The first-order valence-electron chi connectivity index (χ1n) is 30.2. The summed E-state index contributed by atoms with van der Waals surface area (Å²) < 4.78 is 111. The maximum absolute atomic E-state index is 14.5. The third-order valence-corrected chi connectivity index (χ3v) is 21.9. The first-order chi connectivity index (χ1) is 40.8. The molecule has 28 nitrogen and oxygen atoms in total. The average Bonchev–Trinajstić information content (AvgIpc) is 1.53. The maximum Gasteiger partial charge on any atom is 0.397 e. The number of aliphatic hydroxyl groups is 10. The number of hydrogen-bond donors (Lipinski definition) is 11. The number of esters is 1. The molecule has 87 heavy (non-hydrogen) atoms. The molecule has 0 aromatic heterocycles. The van der Waals surface area contributed by atoms with E-state index in [1.165, 1.54) is 14.0 Å². The summed E-state index contributed by atoms with van der Waals surface area (Å²) in [6.07, 6.45) is -31.1. The summed E-state index contributed by atoms with van der Waals surface area (Å²) in [5.41, 5.74) is -1.66. The van der Waals surface area contributed by atoms with Crippen LogP contribution in [0.5, 0.6) is 0 Å². The van der Waals surface area contributed by atoms with Crippen LogP contribution < -0.4 is 0 Å². The second-order valence-electron chi connectivity index (χ2n) is 27.2. The molecule has 11 N–H and O–H groups in total. The van der Waals surface area contributed by atoms with Gasteiger partial charge in [-0.3, -0.25) is 14.1 Å². The van der Waals surface area contributed by atoms with E-state index in [0.29, 0.717) is 38.5 Å². The first kappa shape index (κ1) is 67.5. The van der Waals surface area contributed by atoms with Gasteiger partial charge in [0, 0.05) is 18.9 Å². The molecule has 10 aliphatic rings. The number of carbonyl (C=O) groups is 2. The van der Waals surface area contributed by atoms with Gasteiger partial charge < -0.3 is 108 Å². The number of Topliss-reactive ketones (excluding diaryl/α,β-unsaturated/α-hetero) is 1. The Morgan fingerprint density at radius 2 is 1.32 bits per heavy atom. The number of hydrogen-bond acceptors (Lipinski definition) is 27. The summed E-state index contributed by atoms with van der Waals surface area (Å²) in [7, 11) is -4.06. The van der Waals surface area contributed by atoms with Crippen LogP contribution in [0.1, 0.15) is 106 Å². The van der Waals surface area contributed by atoms with Crippen molar-refractivity contribution in [3.63, 3.8) is 0 Å². The van der Waals surface area contributed by atoms with Crippen molar-refractivity contribution < 1.29 is 135 Å². The molecule has 1 spiro atoms. The van der Waals surface area contributed by atoms with Gasteiger partial charge >= 0.3 is 16.4 Å². The van der Waals surface area contributed by atoms with E-state index < -0.39 is 206 Å². The predicted molar refractivity (Wildman–Crippen MR) is 292 cm³/mol. The highest BCUT2D eigenvalue weighted by molar-refractivity contribution is 7.80. The molecule has 0 amide bonds. The molecule has 0 radical (unpaired) electrons. The number of cyclic esters (lactones) is 1. The summed E-state index contributed by atoms with van der Waals surface area (Å²) in [6, 6.07) is 0. The lowest BCUT2D eigenvalue weighted by Crippen LogP contribution is -2.67. The van der Waals surface area contributed by atoms with Crippen LogP contribution in [0.25, 0.3) is 0 Å². The third kappa shape index (κ3) is 11.9. The van der Waals surface area contributed by atoms with Crippen molar-refractivity contribution in [2.45, 2.75) is 253 Å². The van der Waals surface area contributed by atoms with Gasteiger partial charge in [0.2, 0.25) is 0 Å². The largest absolute Gasteiger partial charge is 0.458 e. The number of fused-ring (bicyclic) bond motifs is 4. The van der Waals surface area contributed by atoms with Gasteiger partial charge in [-0.2, -0.15) is 8.42 Å². The van der Waals surface area contributed by atoms with E-state index in [-0.39, 0.29) is 35.4 Å². The summed E-state index contributed by atoms with van der Waals surface area (Å²) in [5.74, 6) is -0.929. The Bertz CT molecular complexity index is 2650. The molecule has 6 heterocycles. The van der Waals surface area contributed by atoms with Crippen LogP contribution in [-0.4, -0.2) is 256 Å². The minimum absolute atomic E-state index is 0.0124. The summed E-state index contributed by atoms with van der Waals surface area (Å²) in [4.78, 5) is 28.9. The normalized spacial score (nSPS) is 50.7. The van der Waals surface area contributed by atoms with Crippen LogP contribution in [0, 0.1) is 39.4 Å². The third-order valence-electron chi connectivity index (χ3n) is 21.4. The smallest absolute Gasteiger partial charge is 0.397 e. The second kappa shape index (κ2) is 25.2. The number of carbonyl (C=O) groups excluding carboxylic acids is 2. The zero-order chi connectivity index (χ0) is 63.4. The van der Waals surface area contributed by atoms with E-state index >= 15 is 0 Å². The van der Waals surface area contributed by atoms with E-state index in [9.17, 15) is 73.6 Å². The molecule has 10 rings (SSSR count). The van der Waals surface area contributed by atoms with Gasteiger partial charge in [0.1, 0.15) is 109 Å². The zero-order valence-electron chi connectivity index (χ0n) is 50.3. The SMILES string of the molecule is C=C(C)CCC[C@]1(C)OC(=O)[C@]23CC[C@H]4C(=CC[C@H]5C(C)(C)[C@@H](O[C@@H]6OC[C@@H](OS(=O)(=O)O)[C@H](O)[C@H]6O[C@@H]6O[C@H](C)[C@@H](O[C@@H]7OC[C@@H](O)[C@H](O[C@@H]8O[C@H](CO)[C@@H](O)[C@H](OC)[C@H]8O)[C@H]7O)[C@H](O)[C@H]6O[C@@H]6OC[C@@H](O)[C@H](O)[C@H]6O)CC[C@]45C)[C@]2(C)CC(=O)[C@@H]31. The minimum atomic E-state index is -5.25. The van der Waals surface area contributed by atoms with Crippen molar-refractivity contribution in [2.75, 3.05) is 33.5 Å². The molecule has 6 saturated heterocycles. The monoisotopic (exact) mass is 1270 g/mol. The van der Waals surface area contributed by atoms with Crippen LogP contribution >= 0.6 is 0 Å². The van der Waals surface area contributed by atoms with Gasteiger partial charge in [-0.25, -0.2) is 4.18 Å². The molecule has 9 fully saturated rings. The van der Waals surface area contributed by atoms with Crippen molar-refractivity contribution in [1.29, 1.82) is 0 Å². The Hall–Kier alpha value is -2.35. The van der Waals surface area contributed by atoms with Crippen molar-refractivity contribution in [2.24, 2.45) is 39.4 Å². The molecule has 0 bridgehead atoms. The number of ketones is 1. The number of rotatable bonds is 18. The fraction of sp³-hybridized carbons (Fsp3) is 0.897. The van der Waals surface area contributed by atoms with Crippen molar-refractivity contribution in [3.05, 3.63) is 23.8 Å². The summed E-state index contributed by atoms with van der Waals surface area (Å²) in [6.45, 7) is 15.2. The maximum atomic E-state index is 14.5. The Morgan fingerprint density at radius 1 is 0.701 bits per heavy atom. The van der Waals surface area contributed by atoms with Gasteiger partial charge in [-0.05, 0) is 94.8 Å². The molecular formula is C58H90O28S. The Labute approximate surface area is 505 Å². The van der Waals surface area contributed by atoms with Gasteiger partial charge in [-0.15, -0.1) is 6.58 Å². The molecule has 0 aromatic carbocycles. The lowest BCUT2D eigenvalue weighted by Gasteiger charge is -2.63. The highest BCUT2D eigenvalue weighted by atomic mass is 32.3. The Kier molecular flexibility index (Phi) is 19.5. The lowest BCUT2D eigenvalue weighted by atomic mass is 9.41. The molecule has 29 heteroatoms. The highest BCUT2D eigenvalue weighted by Crippen LogP contribution is 2.75. The summed E-state index contributed by atoms with van der Waals surface area (Å²) in [5, 5.41) is 111. The van der Waals surface area contributed by atoms with Crippen LogP contribution in [0.3, 0.4) is 0 Å². The number of allylic oxidation sites excluding steroid dienone is 3. The molecular weight excluding hydrogens is 1180 g/mol. The van der Waals surface area contributed by atoms with Gasteiger partial charge in [0.05, 0.1) is 50.0 Å². The van der Waals surface area contributed by atoms with Crippen molar-refractivity contribution in [3.8, 4) is 0 Å². The van der Waals surface area contributed by atoms with Gasteiger partial charge in [0.25, 0.3) is 0 Å². The average molecular weight is 1270 g/mol. The molecule has 6 aliphatic heterocycles. The van der Waals surface area contributed by atoms with Crippen LogP contribution in [0.4, 0.5) is 0 Å². The minimum Gasteiger partial charge on any atom is -0.458 e. The van der Waals surface area contributed by atoms with Crippen LogP contribution in [0.15, 0.2) is 23.8 Å². The molecule has 0 unspecified atom stereocenters. The number of methoxy groups -OCH3 is 1. The molecule has 30 atom stereocenters. The van der Waals surface area contributed by atoms with Gasteiger partial charge in [-0.1, -0.05) is 44.9 Å². The Morgan fingerprint density at radius 3 is 1.99 bits per heavy atom. The molecule has 3 saturated carbocycles. The Balaban J connectivity index is 0.897. The molecule has 0 aromatic rings. The second-order valence-corrected chi connectivity index (χ2v) is 28.2. The van der Waals surface area contributed by atoms with Gasteiger partial charge in [0.15, 0.2) is 31.5 Å². The van der Waals surface area contributed by atoms with Crippen LogP contribution in [-0.2, 0) is 81.0 Å².